The van der Waals surface area contributed by atoms with Gasteiger partial charge in [-0.3, -0.25) is 4.79 Å². The number of carbonyl (C=O) groups is 1. The van der Waals surface area contributed by atoms with Crippen molar-refractivity contribution in [2.24, 2.45) is 5.92 Å². The quantitative estimate of drug-likeness (QED) is 0.510. The molecule has 1 saturated heterocycles. The maximum absolute atomic E-state index is 13.0. The van der Waals surface area contributed by atoms with Crippen LogP contribution in [0.15, 0.2) is 34.7 Å². The Labute approximate surface area is 193 Å². The lowest BCUT2D eigenvalue weighted by Gasteiger charge is -2.29. The second kappa shape index (κ2) is 8.88. The average molecular weight is 478 g/mol. The molecule has 2 aromatic heterocycles. The van der Waals surface area contributed by atoms with Crippen LogP contribution in [0.1, 0.15) is 48.4 Å². The topological polar surface area (TPSA) is 112 Å². The average Bonchev–Trinajstić information content (AvgIpc) is 3.20. The number of aliphatic hydroxyl groups excluding tert-OH is 1. The van der Waals surface area contributed by atoms with Crippen LogP contribution in [0, 0.1) is 5.92 Å². The molecule has 0 saturated carbocycles. The van der Waals surface area contributed by atoms with Crippen molar-refractivity contribution >= 4 is 28.7 Å². The van der Waals surface area contributed by atoms with Crippen LogP contribution in [0.25, 0.3) is 11.1 Å². The molecule has 8 nitrogen and oxygen atoms in total. The Bertz CT molecular complexity index is 1200. The number of piperidine rings is 1. The molecule has 182 valence electrons. The van der Waals surface area contributed by atoms with E-state index in [1.807, 2.05) is 4.90 Å². The van der Waals surface area contributed by atoms with E-state index in [2.05, 4.69) is 15.3 Å². The number of hydrogen-bond acceptors (Lipinski definition) is 7. The van der Waals surface area contributed by atoms with Crippen LogP contribution in [-0.2, 0) is 11.8 Å². The lowest BCUT2D eigenvalue weighted by atomic mass is 9.96. The van der Waals surface area contributed by atoms with Gasteiger partial charge < -0.3 is 24.8 Å². The van der Waals surface area contributed by atoms with Crippen LogP contribution >= 0.6 is 0 Å². The largest absolute Gasteiger partial charge is 0.433 e. The first-order valence-electron chi connectivity index (χ1n) is 10.8. The van der Waals surface area contributed by atoms with Crippen molar-refractivity contribution < 1.29 is 32.6 Å². The van der Waals surface area contributed by atoms with Gasteiger partial charge in [0.2, 0.25) is 0 Å². The number of fused-ring (bicyclic) bond motifs is 1. The van der Waals surface area contributed by atoms with Gasteiger partial charge in [-0.2, -0.15) is 18.2 Å². The minimum absolute atomic E-state index is 0.139. The van der Waals surface area contributed by atoms with Gasteiger partial charge in [-0.1, -0.05) is 6.07 Å². The van der Waals surface area contributed by atoms with Crippen LogP contribution in [0.5, 0.6) is 0 Å². The Morgan fingerprint density at radius 3 is 2.53 bits per heavy atom. The predicted octanol–water partition coefficient (Wildman–Crippen LogP) is 3.93. The molecule has 0 radical (unpaired) electrons. The highest BCUT2D eigenvalue weighted by Gasteiger charge is 2.33. The first kappa shape index (κ1) is 24.0. The molecule has 4 rings (SSSR count). The number of nitrogens with zero attached hydrogens (tertiary/aromatic N) is 3. The van der Waals surface area contributed by atoms with Crippen molar-refractivity contribution in [1.82, 2.24) is 9.97 Å². The molecule has 1 aromatic carbocycles. The normalized spacial score (nSPS) is 15.7. The van der Waals surface area contributed by atoms with Crippen LogP contribution in [0.4, 0.5) is 24.9 Å². The zero-order valence-corrected chi connectivity index (χ0v) is 18.7. The maximum atomic E-state index is 13.0. The number of aromatic nitrogens is 2. The van der Waals surface area contributed by atoms with E-state index in [0.29, 0.717) is 35.8 Å². The highest BCUT2D eigenvalue weighted by Crippen LogP contribution is 2.35. The number of anilines is 2. The van der Waals surface area contributed by atoms with Gasteiger partial charge >= 0.3 is 6.18 Å². The van der Waals surface area contributed by atoms with Gasteiger partial charge in [-0.15, -0.1) is 0 Å². The number of amides is 1. The van der Waals surface area contributed by atoms with E-state index in [1.165, 1.54) is 26.0 Å². The Morgan fingerprint density at radius 2 is 1.91 bits per heavy atom. The fourth-order valence-electron chi connectivity index (χ4n) is 3.92. The number of aliphatic hydroxyl groups is 2. The molecule has 1 fully saturated rings. The van der Waals surface area contributed by atoms with Crippen LogP contribution < -0.4 is 10.2 Å². The van der Waals surface area contributed by atoms with Gasteiger partial charge in [-0.25, -0.2) is 4.98 Å². The molecule has 0 unspecified atom stereocenters. The molecule has 3 aromatic rings. The van der Waals surface area contributed by atoms with Crippen molar-refractivity contribution in [3.05, 3.63) is 47.3 Å². The van der Waals surface area contributed by atoms with Crippen LogP contribution in [-0.4, -0.2) is 45.8 Å². The summed E-state index contributed by atoms with van der Waals surface area (Å²) in [6.45, 7) is 4.52. The summed E-state index contributed by atoms with van der Waals surface area (Å²) in [4.78, 5) is 22.6. The number of hydrogen-bond donors (Lipinski definition) is 3. The summed E-state index contributed by atoms with van der Waals surface area (Å²) >= 11 is 0. The molecule has 0 spiro atoms. The fourth-order valence-corrected chi connectivity index (χ4v) is 3.92. The van der Waals surface area contributed by atoms with Crippen molar-refractivity contribution in [2.45, 2.75) is 38.5 Å². The molecule has 1 aliphatic heterocycles. The standard InChI is InChI=1S/C23H25F3N4O4/c1-22(2,33)14-10-17-18(34-21(29-17)30-8-6-13(12-31)7-9-30)11-16(14)28-20(32)15-4-3-5-19(27-15)23(24,25)26/h3-5,10-11,13,31,33H,6-9,12H2,1-2H3,(H,28,32). The molecule has 1 amide bonds. The summed E-state index contributed by atoms with van der Waals surface area (Å²) in [5, 5.41) is 22.5. The van der Waals surface area contributed by atoms with E-state index in [4.69, 9.17) is 4.42 Å². The molecule has 11 heteroatoms. The predicted molar refractivity (Wildman–Crippen MR) is 118 cm³/mol. The molecule has 34 heavy (non-hydrogen) atoms. The van der Waals surface area contributed by atoms with Gasteiger partial charge in [0.25, 0.3) is 11.9 Å². The second-order valence-electron chi connectivity index (χ2n) is 8.89. The van der Waals surface area contributed by atoms with Crippen molar-refractivity contribution in [2.75, 3.05) is 29.9 Å². The smallest absolute Gasteiger partial charge is 0.423 e. The number of halogens is 3. The monoisotopic (exact) mass is 478 g/mol. The summed E-state index contributed by atoms with van der Waals surface area (Å²) in [5.41, 5.74) is -1.68. The van der Waals surface area contributed by atoms with E-state index in [0.717, 1.165) is 25.0 Å². The summed E-state index contributed by atoms with van der Waals surface area (Å²) in [7, 11) is 0. The molecule has 0 atom stereocenters. The fraction of sp³-hybridized carbons (Fsp3) is 0.435. The Balaban J connectivity index is 1.66. The summed E-state index contributed by atoms with van der Waals surface area (Å²) in [6, 6.07) is 6.52. The van der Waals surface area contributed by atoms with Gasteiger partial charge in [0.1, 0.15) is 16.9 Å². The third kappa shape index (κ3) is 5.00. The zero-order chi connectivity index (χ0) is 24.7. The Kier molecular flexibility index (Phi) is 6.26. The van der Waals surface area contributed by atoms with Gasteiger partial charge in [0.05, 0.1) is 11.3 Å². The molecule has 0 aliphatic carbocycles. The number of carbonyl (C=O) groups excluding carboxylic acids is 1. The maximum Gasteiger partial charge on any atom is 0.433 e. The summed E-state index contributed by atoms with van der Waals surface area (Å²) in [5.74, 6) is -0.615. The van der Waals surface area contributed by atoms with Crippen LogP contribution in [0.3, 0.4) is 0 Å². The van der Waals surface area contributed by atoms with Gasteiger partial charge in [0.15, 0.2) is 5.58 Å². The molecular formula is C23H25F3N4O4. The minimum Gasteiger partial charge on any atom is -0.423 e. The summed E-state index contributed by atoms with van der Waals surface area (Å²) in [6.07, 6.45) is -3.08. The lowest BCUT2D eigenvalue weighted by molar-refractivity contribution is -0.141. The number of rotatable bonds is 5. The number of pyridine rings is 1. The van der Waals surface area contributed by atoms with Gasteiger partial charge in [-0.05, 0) is 50.8 Å². The van der Waals surface area contributed by atoms with E-state index in [1.54, 1.807) is 6.07 Å². The van der Waals surface area contributed by atoms with E-state index < -0.39 is 29.1 Å². The minimum atomic E-state index is -4.69. The first-order chi connectivity index (χ1) is 16.0. The Morgan fingerprint density at radius 1 is 1.21 bits per heavy atom. The van der Waals surface area contributed by atoms with E-state index >= 15 is 0 Å². The molecule has 3 heterocycles. The van der Waals surface area contributed by atoms with Crippen LogP contribution in [0.2, 0.25) is 0 Å². The zero-order valence-electron chi connectivity index (χ0n) is 18.7. The third-order valence-corrected chi connectivity index (χ3v) is 5.84. The van der Waals surface area contributed by atoms with Crippen molar-refractivity contribution in [3.8, 4) is 0 Å². The van der Waals surface area contributed by atoms with Gasteiger partial charge in [0, 0.05) is 31.3 Å². The number of alkyl halides is 3. The summed E-state index contributed by atoms with van der Waals surface area (Å²) < 4.78 is 44.9. The highest BCUT2D eigenvalue weighted by molar-refractivity contribution is 6.04. The molecule has 3 N–H and O–H groups in total. The molecular weight excluding hydrogens is 453 g/mol. The molecule has 1 aliphatic rings. The number of nitrogens with one attached hydrogen (secondary N) is 1. The highest BCUT2D eigenvalue weighted by atomic mass is 19.4. The first-order valence-corrected chi connectivity index (χ1v) is 10.8. The number of benzene rings is 1. The number of oxazole rings is 1. The Hall–Kier alpha value is -3.18. The lowest BCUT2D eigenvalue weighted by Crippen LogP contribution is -2.34. The van der Waals surface area contributed by atoms with Crippen molar-refractivity contribution in [1.29, 1.82) is 0 Å². The SMILES string of the molecule is CC(C)(O)c1cc2nc(N3CCC(CO)CC3)oc2cc1NC(=O)c1cccc(C(F)(F)F)n1. The van der Waals surface area contributed by atoms with E-state index in [9.17, 15) is 28.2 Å². The van der Waals surface area contributed by atoms with E-state index in [-0.39, 0.29) is 18.2 Å². The second-order valence-corrected chi connectivity index (χ2v) is 8.89. The van der Waals surface area contributed by atoms with Crippen molar-refractivity contribution in [3.63, 3.8) is 0 Å². The molecule has 0 bridgehead atoms. The third-order valence-electron chi connectivity index (χ3n) is 5.84.